The van der Waals surface area contributed by atoms with Crippen molar-refractivity contribution in [3.8, 4) is 0 Å². The zero-order valence-electron chi connectivity index (χ0n) is 18.0. The highest BCUT2D eigenvalue weighted by molar-refractivity contribution is 8.00. The molecular weight excluding hydrogens is 535 g/mol. The van der Waals surface area contributed by atoms with Gasteiger partial charge in [-0.25, -0.2) is 17.6 Å². The summed E-state index contributed by atoms with van der Waals surface area (Å²) in [5, 5.41) is 14.7. The molecule has 0 unspecified atom stereocenters. The minimum atomic E-state index is -5.71. The van der Waals surface area contributed by atoms with E-state index in [1.807, 2.05) is 0 Å². The largest absolute Gasteiger partial charge is 0.422 e. The van der Waals surface area contributed by atoms with Gasteiger partial charge in [0.1, 0.15) is 11.3 Å². The van der Waals surface area contributed by atoms with Crippen LogP contribution in [-0.2, 0) is 11.0 Å². The Hall–Kier alpha value is -4.14. The molecule has 2 amide bonds. The summed E-state index contributed by atoms with van der Waals surface area (Å²) in [7, 11) is 0. The molecule has 3 rings (SSSR count). The van der Waals surface area contributed by atoms with Gasteiger partial charge < -0.3 is 10.6 Å². The number of nitro groups is 1. The van der Waals surface area contributed by atoms with Gasteiger partial charge in [0.2, 0.25) is 5.91 Å². The zero-order valence-corrected chi connectivity index (χ0v) is 18.8. The molecule has 3 aromatic rings. The van der Waals surface area contributed by atoms with E-state index in [-0.39, 0.29) is 11.3 Å². The molecular formula is C22H12F7N3O4S. The summed E-state index contributed by atoms with van der Waals surface area (Å²) in [6.07, 6.45) is -5.71. The van der Waals surface area contributed by atoms with Crippen LogP contribution in [-0.4, -0.2) is 22.5 Å². The lowest BCUT2D eigenvalue weighted by atomic mass is 10.1. The smallest absolute Gasteiger partial charge is 0.322 e. The van der Waals surface area contributed by atoms with Gasteiger partial charge in [-0.3, -0.25) is 19.7 Å². The Labute approximate surface area is 206 Å². The van der Waals surface area contributed by atoms with E-state index in [1.54, 1.807) is 0 Å². The maximum atomic E-state index is 13.9. The van der Waals surface area contributed by atoms with E-state index in [9.17, 15) is 50.4 Å². The number of alkyl halides is 3. The van der Waals surface area contributed by atoms with Crippen LogP contribution in [0, 0.1) is 33.4 Å². The molecule has 0 bridgehead atoms. The fourth-order valence-electron chi connectivity index (χ4n) is 2.89. The number of hydrogen-bond acceptors (Lipinski definition) is 5. The third-order valence-corrected chi connectivity index (χ3v) is 5.65. The number of rotatable bonds is 7. The molecule has 0 aromatic heterocycles. The first kappa shape index (κ1) is 27.4. The van der Waals surface area contributed by atoms with Crippen molar-refractivity contribution in [3.63, 3.8) is 0 Å². The second-order valence-corrected chi connectivity index (χ2v) is 8.17. The molecule has 0 aliphatic heterocycles. The number of nitrogens with one attached hydrogen (secondary N) is 2. The first-order chi connectivity index (χ1) is 17.3. The number of halogens is 7. The summed E-state index contributed by atoms with van der Waals surface area (Å²) in [5.41, 5.74) is -4.18. The zero-order chi connectivity index (χ0) is 27.5. The molecule has 7 nitrogen and oxygen atoms in total. The Morgan fingerprint density at radius 3 is 1.86 bits per heavy atom. The number of hydrogen-bond donors (Lipinski definition) is 2. The number of anilines is 2. The first-order valence-corrected chi connectivity index (χ1v) is 10.8. The number of nitrogens with zero attached hydrogens (tertiary/aromatic N) is 1. The Bertz CT molecular complexity index is 1340. The van der Waals surface area contributed by atoms with Gasteiger partial charge in [0.05, 0.1) is 10.7 Å². The Balaban J connectivity index is 1.61. The van der Waals surface area contributed by atoms with Gasteiger partial charge in [-0.05, 0) is 36.4 Å². The minimum Gasteiger partial charge on any atom is -0.322 e. The molecule has 2 N–H and O–H groups in total. The summed E-state index contributed by atoms with van der Waals surface area (Å²) < 4.78 is 93.1. The van der Waals surface area contributed by atoms with E-state index in [2.05, 4.69) is 5.32 Å². The predicted octanol–water partition coefficient (Wildman–Crippen LogP) is 6.15. The van der Waals surface area contributed by atoms with Crippen LogP contribution in [0.5, 0.6) is 0 Å². The number of non-ortho nitro benzene ring substituents is 1. The second kappa shape index (κ2) is 10.9. The normalized spacial score (nSPS) is 11.2. The number of thioether (sulfide) groups is 1. The summed E-state index contributed by atoms with van der Waals surface area (Å²) in [5.74, 6) is -12.5. The maximum Gasteiger partial charge on any atom is 0.422 e. The molecule has 194 valence electrons. The topological polar surface area (TPSA) is 101 Å². The molecule has 0 fully saturated rings. The highest BCUT2D eigenvalue weighted by Gasteiger charge is 2.42. The minimum absolute atomic E-state index is 0.149. The Morgan fingerprint density at radius 2 is 1.38 bits per heavy atom. The summed E-state index contributed by atoms with van der Waals surface area (Å²) in [6, 6.07) is 10.6. The molecule has 0 heterocycles. The van der Waals surface area contributed by atoms with E-state index >= 15 is 0 Å². The van der Waals surface area contributed by atoms with Gasteiger partial charge in [0.25, 0.3) is 11.6 Å². The lowest BCUT2D eigenvalue weighted by Gasteiger charge is -2.14. The second-order valence-electron chi connectivity index (χ2n) is 7.12. The molecule has 0 radical (unpaired) electrons. The van der Waals surface area contributed by atoms with Crippen molar-refractivity contribution < 1.29 is 45.2 Å². The van der Waals surface area contributed by atoms with Crippen LogP contribution >= 0.6 is 11.8 Å². The SMILES string of the molecule is O=C(CSc1ccc(NC(=O)c2ccc([N+](=O)[O-])cc2)cc1)Nc1c(F)c(F)c(C(F)(F)F)c(F)c1F. The van der Waals surface area contributed by atoms with Crippen molar-refractivity contribution in [2.75, 3.05) is 16.4 Å². The first-order valence-electron chi connectivity index (χ1n) is 9.81. The molecule has 0 atom stereocenters. The number of amides is 2. The molecule has 0 saturated heterocycles. The lowest BCUT2D eigenvalue weighted by molar-refractivity contribution is -0.384. The number of carbonyl (C=O) groups excluding carboxylic acids is 2. The van der Waals surface area contributed by atoms with Crippen molar-refractivity contribution in [1.29, 1.82) is 0 Å². The van der Waals surface area contributed by atoms with E-state index in [4.69, 9.17) is 0 Å². The average molecular weight is 547 g/mol. The van der Waals surface area contributed by atoms with Crippen molar-refractivity contribution in [2.24, 2.45) is 0 Å². The summed E-state index contributed by atoms with van der Waals surface area (Å²) in [4.78, 5) is 34.7. The molecule has 0 aliphatic carbocycles. The summed E-state index contributed by atoms with van der Waals surface area (Å²) in [6.45, 7) is 0. The molecule has 0 aliphatic rings. The average Bonchev–Trinajstić information content (AvgIpc) is 2.84. The van der Waals surface area contributed by atoms with Crippen LogP contribution in [0.3, 0.4) is 0 Å². The maximum absolute atomic E-state index is 13.9. The van der Waals surface area contributed by atoms with Gasteiger partial charge in [-0.15, -0.1) is 11.8 Å². The van der Waals surface area contributed by atoms with E-state index in [0.29, 0.717) is 10.6 Å². The van der Waals surface area contributed by atoms with Crippen LogP contribution in [0.2, 0.25) is 0 Å². The fraction of sp³-hybridized carbons (Fsp3) is 0.0909. The van der Waals surface area contributed by atoms with Crippen LogP contribution in [0.15, 0.2) is 53.4 Å². The highest BCUT2D eigenvalue weighted by Crippen LogP contribution is 2.38. The van der Waals surface area contributed by atoms with Crippen molar-refractivity contribution in [2.45, 2.75) is 11.1 Å². The van der Waals surface area contributed by atoms with Gasteiger partial charge in [0.15, 0.2) is 23.3 Å². The lowest BCUT2D eigenvalue weighted by Crippen LogP contribution is -2.21. The van der Waals surface area contributed by atoms with Gasteiger partial charge in [-0.2, -0.15) is 13.2 Å². The van der Waals surface area contributed by atoms with E-state index in [0.717, 1.165) is 23.9 Å². The fourth-order valence-corrected chi connectivity index (χ4v) is 3.59. The van der Waals surface area contributed by atoms with E-state index in [1.165, 1.54) is 41.7 Å². The quantitative estimate of drug-likeness (QED) is 0.121. The standard InChI is InChI=1S/C22H12F7N3O4S/c23-16-15(22(27,28)29)17(24)19(26)20(18(16)25)31-14(33)9-37-13-7-3-11(4-8-13)30-21(34)10-1-5-12(6-2-10)32(35)36/h1-8H,9H2,(H,30,34)(H,31,33). The third-order valence-electron chi connectivity index (χ3n) is 4.63. The number of benzene rings is 3. The van der Waals surface area contributed by atoms with Gasteiger partial charge in [-0.1, -0.05) is 0 Å². The van der Waals surface area contributed by atoms with Crippen molar-refractivity contribution >= 4 is 40.6 Å². The van der Waals surface area contributed by atoms with Crippen LogP contribution in [0.1, 0.15) is 15.9 Å². The van der Waals surface area contributed by atoms with Crippen LogP contribution in [0.4, 0.5) is 47.8 Å². The van der Waals surface area contributed by atoms with Gasteiger partial charge in [0, 0.05) is 28.3 Å². The third kappa shape index (κ3) is 6.35. The highest BCUT2D eigenvalue weighted by atomic mass is 32.2. The molecule has 37 heavy (non-hydrogen) atoms. The van der Waals surface area contributed by atoms with Crippen molar-refractivity contribution in [3.05, 3.63) is 93.0 Å². The van der Waals surface area contributed by atoms with Crippen molar-refractivity contribution in [1.82, 2.24) is 0 Å². The Morgan fingerprint density at radius 1 is 0.838 bits per heavy atom. The van der Waals surface area contributed by atoms with Crippen LogP contribution in [0.25, 0.3) is 0 Å². The summed E-state index contributed by atoms with van der Waals surface area (Å²) >= 11 is 0.803. The monoisotopic (exact) mass is 547 g/mol. The molecule has 15 heteroatoms. The number of carbonyl (C=O) groups is 2. The van der Waals surface area contributed by atoms with E-state index < -0.39 is 63.2 Å². The predicted molar refractivity (Wildman–Crippen MR) is 118 cm³/mol. The molecule has 0 saturated carbocycles. The Kier molecular flexibility index (Phi) is 8.06. The van der Waals surface area contributed by atoms with Crippen LogP contribution < -0.4 is 10.6 Å². The molecule has 3 aromatic carbocycles. The number of nitro benzene ring substituents is 1. The van der Waals surface area contributed by atoms with Gasteiger partial charge >= 0.3 is 6.18 Å². The molecule has 0 spiro atoms.